The van der Waals surface area contributed by atoms with Gasteiger partial charge in [-0.2, -0.15) is 0 Å². The summed E-state index contributed by atoms with van der Waals surface area (Å²) < 4.78 is 19.5. The summed E-state index contributed by atoms with van der Waals surface area (Å²) in [5, 5.41) is 3.35. The molecular weight excluding hydrogens is 279 g/mol. The second kappa shape index (κ2) is 6.90. The van der Waals surface area contributed by atoms with Gasteiger partial charge in [0.05, 0.1) is 7.11 Å². The molecule has 1 saturated heterocycles. The number of hydrogen-bond donors (Lipinski definition) is 1. The minimum absolute atomic E-state index is 0.214. The molecule has 0 atom stereocenters. The summed E-state index contributed by atoms with van der Waals surface area (Å²) in [5.74, 6) is 0.460. The zero-order chi connectivity index (χ0) is 15.4. The summed E-state index contributed by atoms with van der Waals surface area (Å²) in [6.45, 7) is 4.91. The van der Waals surface area contributed by atoms with Crippen molar-refractivity contribution < 1.29 is 9.13 Å². The van der Waals surface area contributed by atoms with E-state index in [1.807, 2.05) is 18.2 Å². The van der Waals surface area contributed by atoms with Crippen molar-refractivity contribution in [3.63, 3.8) is 0 Å². The van der Waals surface area contributed by atoms with Crippen LogP contribution >= 0.6 is 0 Å². The maximum absolute atomic E-state index is 14.3. The van der Waals surface area contributed by atoms with E-state index in [0.717, 1.165) is 43.9 Å². The normalized spacial score (nSPS) is 15.7. The molecule has 1 fully saturated rings. The van der Waals surface area contributed by atoms with Crippen LogP contribution in [0.3, 0.4) is 0 Å². The highest BCUT2D eigenvalue weighted by Crippen LogP contribution is 2.30. The maximum atomic E-state index is 14.3. The van der Waals surface area contributed by atoms with Crippen LogP contribution in [0.5, 0.6) is 5.75 Å². The Balaban J connectivity index is 1.93. The molecule has 22 heavy (non-hydrogen) atoms. The van der Waals surface area contributed by atoms with E-state index in [-0.39, 0.29) is 5.82 Å². The van der Waals surface area contributed by atoms with Gasteiger partial charge in [0, 0.05) is 38.3 Å². The second-order valence-electron chi connectivity index (χ2n) is 5.53. The van der Waals surface area contributed by atoms with E-state index in [1.165, 1.54) is 6.07 Å². The van der Waals surface area contributed by atoms with Gasteiger partial charge in [-0.25, -0.2) is 4.39 Å². The number of rotatable bonds is 4. The predicted octanol–water partition coefficient (Wildman–Crippen LogP) is 2.91. The zero-order valence-corrected chi connectivity index (χ0v) is 12.8. The standard InChI is InChI=1S/C18H21FN2O/c1-22-15-6-7-18(19)17(12-15)16-5-3-2-4-14(16)13-21-10-8-20-9-11-21/h2-7,12,20H,8-11,13H2,1H3. The van der Waals surface area contributed by atoms with Gasteiger partial charge in [-0.3, -0.25) is 4.90 Å². The second-order valence-corrected chi connectivity index (χ2v) is 5.53. The zero-order valence-electron chi connectivity index (χ0n) is 12.8. The van der Waals surface area contributed by atoms with Crippen molar-refractivity contribution in [2.24, 2.45) is 0 Å². The molecule has 0 bridgehead atoms. The molecule has 116 valence electrons. The van der Waals surface area contributed by atoms with Crippen LogP contribution in [0.4, 0.5) is 4.39 Å². The van der Waals surface area contributed by atoms with E-state index in [9.17, 15) is 4.39 Å². The molecule has 0 saturated carbocycles. The molecule has 0 unspecified atom stereocenters. The van der Waals surface area contributed by atoms with Gasteiger partial charge in [0.15, 0.2) is 0 Å². The molecule has 1 N–H and O–H groups in total. The van der Waals surface area contributed by atoms with Gasteiger partial charge < -0.3 is 10.1 Å². The third-order valence-electron chi connectivity index (χ3n) is 4.08. The van der Waals surface area contributed by atoms with Crippen molar-refractivity contribution in [1.29, 1.82) is 0 Å². The van der Waals surface area contributed by atoms with Gasteiger partial charge in [0.2, 0.25) is 0 Å². The minimum Gasteiger partial charge on any atom is -0.497 e. The molecule has 3 nitrogen and oxygen atoms in total. The number of benzene rings is 2. The molecule has 4 heteroatoms. The molecule has 0 aromatic heterocycles. The Morgan fingerprint density at radius 3 is 2.64 bits per heavy atom. The van der Waals surface area contributed by atoms with E-state index >= 15 is 0 Å². The lowest BCUT2D eigenvalue weighted by molar-refractivity contribution is 0.233. The fourth-order valence-corrected chi connectivity index (χ4v) is 2.87. The highest BCUT2D eigenvalue weighted by molar-refractivity contribution is 5.69. The first kappa shape index (κ1) is 15.0. The lowest BCUT2D eigenvalue weighted by Gasteiger charge is -2.28. The average molecular weight is 300 g/mol. The molecule has 0 aliphatic carbocycles. The average Bonchev–Trinajstić information content (AvgIpc) is 2.57. The van der Waals surface area contributed by atoms with Gasteiger partial charge in [0.1, 0.15) is 11.6 Å². The number of piperazine rings is 1. The topological polar surface area (TPSA) is 24.5 Å². The Labute approximate surface area is 130 Å². The van der Waals surface area contributed by atoms with Crippen LogP contribution in [0.25, 0.3) is 11.1 Å². The van der Waals surface area contributed by atoms with Gasteiger partial charge in [-0.15, -0.1) is 0 Å². The summed E-state index contributed by atoms with van der Waals surface area (Å²) >= 11 is 0. The Hall–Kier alpha value is -1.91. The van der Waals surface area contributed by atoms with E-state index in [4.69, 9.17) is 4.74 Å². The molecule has 0 radical (unpaired) electrons. The number of nitrogens with zero attached hydrogens (tertiary/aromatic N) is 1. The number of ether oxygens (including phenoxy) is 1. The number of methoxy groups -OCH3 is 1. The lowest BCUT2D eigenvalue weighted by atomic mass is 9.98. The number of nitrogens with one attached hydrogen (secondary N) is 1. The molecule has 1 heterocycles. The fourth-order valence-electron chi connectivity index (χ4n) is 2.87. The first-order valence-electron chi connectivity index (χ1n) is 7.63. The maximum Gasteiger partial charge on any atom is 0.131 e. The van der Waals surface area contributed by atoms with Crippen molar-refractivity contribution in [2.45, 2.75) is 6.54 Å². The van der Waals surface area contributed by atoms with Gasteiger partial charge >= 0.3 is 0 Å². The van der Waals surface area contributed by atoms with Crippen LogP contribution in [0.1, 0.15) is 5.56 Å². The van der Waals surface area contributed by atoms with Crippen LogP contribution in [-0.2, 0) is 6.54 Å². The quantitative estimate of drug-likeness (QED) is 0.939. The van der Waals surface area contributed by atoms with Crippen LogP contribution in [0, 0.1) is 5.82 Å². The molecule has 0 amide bonds. The monoisotopic (exact) mass is 300 g/mol. The largest absolute Gasteiger partial charge is 0.497 e. The summed E-state index contributed by atoms with van der Waals surface area (Å²) in [4.78, 5) is 2.40. The van der Waals surface area contributed by atoms with Crippen molar-refractivity contribution in [2.75, 3.05) is 33.3 Å². The first-order chi connectivity index (χ1) is 10.8. The molecule has 1 aliphatic rings. The van der Waals surface area contributed by atoms with E-state index < -0.39 is 0 Å². The van der Waals surface area contributed by atoms with Crippen molar-refractivity contribution in [1.82, 2.24) is 10.2 Å². The lowest BCUT2D eigenvalue weighted by Crippen LogP contribution is -2.42. The molecule has 2 aromatic rings. The van der Waals surface area contributed by atoms with Crippen molar-refractivity contribution >= 4 is 0 Å². The molecular formula is C18H21FN2O. The van der Waals surface area contributed by atoms with E-state index in [1.54, 1.807) is 19.2 Å². The first-order valence-corrected chi connectivity index (χ1v) is 7.63. The van der Waals surface area contributed by atoms with E-state index in [2.05, 4.69) is 16.3 Å². The highest BCUT2D eigenvalue weighted by atomic mass is 19.1. The summed E-state index contributed by atoms with van der Waals surface area (Å²) in [6.07, 6.45) is 0. The van der Waals surface area contributed by atoms with Gasteiger partial charge in [-0.1, -0.05) is 24.3 Å². The Morgan fingerprint density at radius 2 is 1.86 bits per heavy atom. The van der Waals surface area contributed by atoms with Gasteiger partial charge in [-0.05, 0) is 29.3 Å². The highest BCUT2D eigenvalue weighted by Gasteiger charge is 2.15. The van der Waals surface area contributed by atoms with Gasteiger partial charge in [0.25, 0.3) is 0 Å². The Morgan fingerprint density at radius 1 is 1.09 bits per heavy atom. The summed E-state index contributed by atoms with van der Waals surface area (Å²) in [6, 6.07) is 12.9. The molecule has 2 aromatic carbocycles. The third kappa shape index (κ3) is 3.29. The van der Waals surface area contributed by atoms with Crippen molar-refractivity contribution in [3.05, 3.63) is 53.8 Å². The molecule has 0 spiro atoms. The predicted molar refractivity (Wildman–Crippen MR) is 86.5 cm³/mol. The van der Waals surface area contributed by atoms with Crippen LogP contribution in [0.2, 0.25) is 0 Å². The fraction of sp³-hybridized carbons (Fsp3) is 0.333. The number of hydrogen-bond acceptors (Lipinski definition) is 3. The minimum atomic E-state index is -0.214. The number of halogens is 1. The SMILES string of the molecule is COc1ccc(F)c(-c2ccccc2CN2CCNCC2)c1. The Kier molecular flexibility index (Phi) is 4.71. The molecule has 1 aliphatic heterocycles. The molecule has 3 rings (SSSR count). The summed E-state index contributed by atoms with van der Waals surface area (Å²) in [5.41, 5.74) is 2.69. The smallest absolute Gasteiger partial charge is 0.131 e. The van der Waals surface area contributed by atoms with Crippen molar-refractivity contribution in [3.8, 4) is 16.9 Å². The Bertz CT molecular complexity index is 639. The van der Waals surface area contributed by atoms with E-state index in [0.29, 0.717) is 11.3 Å². The van der Waals surface area contributed by atoms with Crippen LogP contribution in [0.15, 0.2) is 42.5 Å². The van der Waals surface area contributed by atoms with Crippen LogP contribution in [-0.4, -0.2) is 38.2 Å². The van der Waals surface area contributed by atoms with Crippen LogP contribution < -0.4 is 10.1 Å². The third-order valence-corrected chi connectivity index (χ3v) is 4.08. The summed E-state index contributed by atoms with van der Waals surface area (Å²) in [7, 11) is 1.60.